The Kier molecular flexibility index (Phi) is 5.06. The Labute approximate surface area is 150 Å². The Morgan fingerprint density at radius 3 is 2.56 bits per heavy atom. The molecule has 4 nitrogen and oxygen atoms in total. The summed E-state index contributed by atoms with van der Waals surface area (Å²) in [6, 6.07) is 10.9. The molecule has 0 amide bonds. The van der Waals surface area contributed by atoms with Gasteiger partial charge in [0.1, 0.15) is 5.82 Å². The van der Waals surface area contributed by atoms with Gasteiger partial charge in [0, 0.05) is 7.05 Å². The molecule has 1 aromatic heterocycles. The Balaban J connectivity index is 2.06. The van der Waals surface area contributed by atoms with Crippen molar-refractivity contribution in [2.24, 2.45) is 11.4 Å². The van der Waals surface area contributed by atoms with Crippen LogP contribution in [-0.2, 0) is 23.5 Å². The molecule has 25 heavy (non-hydrogen) atoms. The van der Waals surface area contributed by atoms with Crippen molar-refractivity contribution in [1.29, 1.82) is 0 Å². The number of hydrogen-bond donors (Lipinski definition) is 0. The quantitative estimate of drug-likeness (QED) is 0.673. The number of rotatable bonds is 5. The van der Waals surface area contributed by atoms with Crippen molar-refractivity contribution in [3.8, 4) is 0 Å². The van der Waals surface area contributed by atoms with Gasteiger partial charge in [-0.25, -0.2) is 4.39 Å². The van der Waals surface area contributed by atoms with Crippen molar-refractivity contribution in [1.82, 2.24) is 4.57 Å². The predicted octanol–water partition coefficient (Wildman–Crippen LogP) is 4.01. The second kappa shape index (κ2) is 7.09. The van der Waals surface area contributed by atoms with E-state index in [2.05, 4.69) is 23.5 Å². The smallest absolute Gasteiger partial charge is 0.285 e. The topological polar surface area (TPSA) is 51.4 Å². The third kappa shape index (κ3) is 3.82. The fraction of sp³-hybridized carbons (Fsp3) is 0.278. The lowest BCUT2D eigenvalue weighted by atomic mass is 10.1. The fourth-order valence-corrected chi connectivity index (χ4v) is 4.87. The number of aromatic nitrogens is 1. The van der Waals surface area contributed by atoms with Crippen LogP contribution in [0.15, 0.2) is 51.8 Å². The van der Waals surface area contributed by atoms with Crippen molar-refractivity contribution < 1.29 is 12.8 Å². The molecule has 0 spiro atoms. The highest BCUT2D eigenvalue weighted by atomic mass is 32.2. The summed E-state index contributed by atoms with van der Waals surface area (Å²) in [5, 5.41) is 0. The number of thiazole rings is 1. The monoisotopic (exact) mass is 378 g/mol. The fourth-order valence-electron chi connectivity index (χ4n) is 2.57. The normalized spacial score (nSPS) is 12.8. The van der Waals surface area contributed by atoms with Gasteiger partial charge in [0.25, 0.3) is 10.0 Å². The molecule has 0 aliphatic rings. The summed E-state index contributed by atoms with van der Waals surface area (Å²) in [7, 11) is -2.08. The highest BCUT2D eigenvalue weighted by Gasteiger charge is 2.14. The zero-order valence-corrected chi connectivity index (χ0v) is 15.7. The molecular formula is C18H19FN2O2S2. The van der Waals surface area contributed by atoms with Crippen LogP contribution in [0, 0.1) is 5.82 Å². The van der Waals surface area contributed by atoms with Crippen molar-refractivity contribution in [2.75, 3.05) is 0 Å². The van der Waals surface area contributed by atoms with E-state index in [1.54, 1.807) is 11.6 Å². The van der Waals surface area contributed by atoms with Gasteiger partial charge in [0.2, 0.25) is 4.80 Å². The Morgan fingerprint density at radius 2 is 1.88 bits per heavy atom. The second-order valence-electron chi connectivity index (χ2n) is 5.87. The Morgan fingerprint density at radius 1 is 1.16 bits per heavy atom. The van der Waals surface area contributed by atoms with E-state index in [1.807, 2.05) is 6.07 Å². The van der Waals surface area contributed by atoms with Crippen molar-refractivity contribution in [2.45, 2.75) is 31.1 Å². The predicted molar refractivity (Wildman–Crippen MR) is 98.6 cm³/mol. The summed E-state index contributed by atoms with van der Waals surface area (Å²) < 4.78 is 44.6. The molecule has 0 aliphatic heterocycles. The van der Waals surface area contributed by atoms with Gasteiger partial charge < -0.3 is 4.57 Å². The van der Waals surface area contributed by atoms with Crippen LogP contribution in [0.2, 0.25) is 0 Å². The summed E-state index contributed by atoms with van der Waals surface area (Å²) in [4.78, 5) is 0.377. The molecule has 3 rings (SSSR count). The molecule has 0 radical (unpaired) electrons. The molecule has 0 bridgehead atoms. The number of unbranched alkanes of at least 4 members (excludes halogenated alkanes) is 1. The van der Waals surface area contributed by atoms with Crippen LogP contribution in [0.25, 0.3) is 10.2 Å². The third-order valence-corrected chi connectivity index (χ3v) is 6.49. The SMILES string of the molecule is CCCCc1ccc2c(c1)s/c(=N\S(=O)(=O)c1ccc(F)cc1)n2C. The minimum absolute atomic E-state index is 0.0185. The number of benzene rings is 2. The number of hydrogen-bond acceptors (Lipinski definition) is 3. The highest BCUT2D eigenvalue weighted by Crippen LogP contribution is 2.20. The average Bonchev–Trinajstić information content (AvgIpc) is 2.88. The minimum atomic E-state index is -3.88. The van der Waals surface area contributed by atoms with Crippen LogP contribution >= 0.6 is 11.3 Å². The molecule has 3 aromatic rings. The van der Waals surface area contributed by atoms with Gasteiger partial charge in [-0.1, -0.05) is 30.7 Å². The first-order valence-corrected chi connectivity index (χ1v) is 10.3. The first-order valence-electron chi connectivity index (χ1n) is 8.06. The largest absolute Gasteiger partial charge is 0.319 e. The number of nitrogens with zero attached hydrogens (tertiary/aromatic N) is 2. The highest BCUT2D eigenvalue weighted by molar-refractivity contribution is 7.90. The van der Waals surface area contributed by atoms with Gasteiger partial charge in [0.15, 0.2) is 0 Å². The van der Waals surface area contributed by atoms with Gasteiger partial charge >= 0.3 is 0 Å². The average molecular weight is 378 g/mol. The van der Waals surface area contributed by atoms with Gasteiger partial charge in [-0.05, 0) is 54.8 Å². The van der Waals surface area contributed by atoms with Crippen LogP contribution in [0.3, 0.4) is 0 Å². The number of sulfonamides is 1. The molecule has 0 unspecified atom stereocenters. The van der Waals surface area contributed by atoms with Gasteiger partial charge in [-0.3, -0.25) is 0 Å². The lowest BCUT2D eigenvalue weighted by Crippen LogP contribution is -2.13. The van der Waals surface area contributed by atoms with Crippen LogP contribution in [0.4, 0.5) is 4.39 Å². The molecule has 0 saturated heterocycles. The minimum Gasteiger partial charge on any atom is -0.319 e. The van der Waals surface area contributed by atoms with Crippen LogP contribution in [0.1, 0.15) is 25.3 Å². The molecule has 0 saturated carbocycles. The molecule has 0 N–H and O–H groups in total. The van der Waals surface area contributed by atoms with E-state index in [4.69, 9.17) is 0 Å². The summed E-state index contributed by atoms with van der Waals surface area (Å²) in [6.07, 6.45) is 3.26. The molecule has 132 valence electrons. The lowest BCUT2D eigenvalue weighted by molar-refractivity contribution is 0.595. The summed E-state index contributed by atoms with van der Waals surface area (Å²) in [6.45, 7) is 2.15. The molecule has 1 heterocycles. The first-order chi connectivity index (χ1) is 11.9. The van der Waals surface area contributed by atoms with Crippen molar-refractivity contribution >= 4 is 31.6 Å². The molecule has 0 fully saturated rings. The second-order valence-corrected chi connectivity index (χ2v) is 8.48. The molecule has 7 heteroatoms. The molecule has 0 aliphatic carbocycles. The third-order valence-electron chi connectivity index (χ3n) is 4.00. The van der Waals surface area contributed by atoms with Crippen LogP contribution in [0.5, 0.6) is 0 Å². The maximum absolute atomic E-state index is 13.0. The Bertz CT molecular complexity index is 1060. The molecule has 0 atom stereocenters. The summed E-state index contributed by atoms with van der Waals surface area (Å²) >= 11 is 1.34. The van der Waals surface area contributed by atoms with E-state index in [9.17, 15) is 12.8 Å². The zero-order valence-electron chi connectivity index (χ0n) is 14.1. The van der Waals surface area contributed by atoms with Crippen molar-refractivity contribution in [3.63, 3.8) is 0 Å². The maximum Gasteiger partial charge on any atom is 0.285 e. The van der Waals surface area contributed by atoms with E-state index in [-0.39, 0.29) is 4.90 Å². The number of fused-ring (bicyclic) bond motifs is 1. The summed E-state index contributed by atoms with van der Waals surface area (Å²) in [5.74, 6) is -0.481. The maximum atomic E-state index is 13.0. The van der Waals surface area contributed by atoms with Gasteiger partial charge in [0.05, 0.1) is 15.1 Å². The lowest BCUT2D eigenvalue weighted by Gasteiger charge is -2.01. The van der Waals surface area contributed by atoms with E-state index in [1.165, 1.54) is 29.0 Å². The van der Waals surface area contributed by atoms with Crippen molar-refractivity contribution in [3.05, 3.63) is 58.6 Å². The standard InChI is InChI=1S/C18H19FN2O2S2/c1-3-4-5-13-6-11-16-17(12-13)24-18(21(16)2)20-25(22,23)15-9-7-14(19)8-10-15/h6-12H,3-5H2,1-2H3/b20-18-. The van der Waals surface area contributed by atoms with Gasteiger partial charge in [-0.15, -0.1) is 4.40 Å². The molecular weight excluding hydrogens is 359 g/mol. The van der Waals surface area contributed by atoms with E-state index >= 15 is 0 Å². The number of aryl methyl sites for hydroxylation is 2. The van der Waals surface area contributed by atoms with Crippen LogP contribution < -0.4 is 4.80 Å². The van der Waals surface area contributed by atoms with Gasteiger partial charge in [-0.2, -0.15) is 8.42 Å². The van der Waals surface area contributed by atoms with Crippen LogP contribution in [-0.4, -0.2) is 13.0 Å². The zero-order chi connectivity index (χ0) is 18.0. The van der Waals surface area contributed by atoms with E-state index < -0.39 is 15.8 Å². The number of halogens is 1. The Hall–Kier alpha value is -1.99. The van der Waals surface area contributed by atoms with E-state index in [0.717, 1.165) is 41.6 Å². The van der Waals surface area contributed by atoms with E-state index in [0.29, 0.717) is 4.80 Å². The summed E-state index contributed by atoms with van der Waals surface area (Å²) in [5.41, 5.74) is 2.18. The molecule has 2 aromatic carbocycles. The first kappa shape index (κ1) is 17.8.